The van der Waals surface area contributed by atoms with Crippen LogP contribution in [0.4, 0.5) is 5.00 Å². The Morgan fingerprint density at radius 3 is 2.38 bits per heavy atom. The van der Waals surface area contributed by atoms with Gasteiger partial charge in [0.05, 0.1) is 22.3 Å². The van der Waals surface area contributed by atoms with E-state index < -0.39 is 17.8 Å². The highest BCUT2D eigenvalue weighted by molar-refractivity contribution is 14.1. The predicted octanol–water partition coefficient (Wildman–Crippen LogP) is 3.00. The monoisotopic (exact) mass is 491 g/mol. The standard InChI is InChI=1S/C16H18IN3O5S/c1-5-24-15(22)10-8(3)12(16(23)25-6-2)26-14(10)18-13(21)11-9(17)7-20(4)19-11/h7H,5-6H2,1-4H3,(H,18,21). The van der Waals surface area contributed by atoms with Crippen LogP contribution in [0.15, 0.2) is 6.20 Å². The maximum atomic E-state index is 12.5. The van der Waals surface area contributed by atoms with Gasteiger partial charge in [0.2, 0.25) is 0 Å². The second-order valence-electron chi connectivity index (χ2n) is 5.15. The number of nitrogens with one attached hydrogen (secondary N) is 1. The largest absolute Gasteiger partial charge is 0.462 e. The average Bonchev–Trinajstić information content (AvgIpc) is 3.07. The van der Waals surface area contributed by atoms with Crippen LogP contribution < -0.4 is 5.32 Å². The van der Waals surface area contributed by atoms with Gasteiger partial charge in [-0.15, -0.1) is 11.3 Å². The third-order valence-electron chi connectivity index (χ3n) is 3.31. The molecule has 0 bridgehead atoms. The molecule has 0 fully saturated rings. The minimum atomic E-state index is -0.609. The molecule has 1 N–H and O–H groups in total. The molecule has 0 aliphatic carbocycles. The minimum absolute atomic E-state index is 0.152. The number of hydrogen-bond donors (Lipinski definition) is 1. The zero-order valence-corrected chi connectivity index (χ0v) is 17.7. The van der Waals surface area contributed by atoms with Gasteiger partial charge in [0.1, 0.15) is 9.88 Å². The van der Waals surface area contributed by atoms with Gasteiger partial charge in [-0.1, -0.05) is 0 Å². The summed E-state index contributed by atoms with van der Waals surface area (Å²) in [6.07, 6.45) is 1.70. The number of rotatable bonds is 6. The van der Waals surface area contributed by atoms with Crippen molar-refractivity contribution in [3.8, 4) is 0 Å². The first-order valence-corrected chi connectivity index (χ1v) is 9.67. The fraction of sp³-hybridized carbons (Fsp3) is 0.375. The maximum Gasteiger partial charge on any atom is 0.348 e. The number of aryl methyl sites for hydroxylation is 1. The number of esters is 2. The number of anilines is 1. The van der Waals surface area contributed by atoms with Crippen LogP contribution in [0.3, 0.4) is 0 Å². The molecule has 10 heteroatoms. The first kappa shape index (κ1) is 20.4. The van der Waals surface area contributed by atoms with Gasteiger partial charge in [0.15, 0.2) is 5.69 Å². The average molecular weight is 491 g/mol. The molecule has 0 radical (unpaired) electrons. The van der Waals surface area contributed by atoms with Gasteiger partial charge in [0, 0.05) is 13.2 Å². The Labute approximate surface area is 168 Å². The first-order valence-electron chi connectivity index (χ1n) is 7.78. The fourth-order valence-electron chi connectivity index (χ4n) is 2.22. The SMILES string of the molecule is CCOC(=O)c1sc(NC(=O)c2nn(C)cc2I)c(C(=O)OCC)c1C. The van der Waals surface area contributed by atoms with E-state index in [4.69, 9.17) is 9.47 Å². The van der Waals surface area contributed by atoms with Gasteiger partial charge in [-0.25, -0.2) is 9.59 Å². The highest BCUT2D eigenvalue weighted by Gasteiger charge is 2.28. The molecule has 1 amide bonds. The molecule has 26 heavy (non-hydrogen) atoms. The van der Waals surface area contributed by atoms with Crippen LogP contribution in [-0.2, 0) is 16.5 Å². The van der Waals surface area contributed by atoms with E-state index in [2.05, 4.69) is 10.4 Å². The fourth-order valence-corrected chi connectivity index (χ4v) is 4.06. The quantitative estimate of drug-likeness (QED) is 0.493. The van der Waals surface area contributed by atoms with Gasteiger partial charge in [-0.3, -0.25) is 9.48 Å². The topological polar surface area (TPSA) is 99.5 Å². The lowest BCUT2D eigenvalue weighted by Gasteiger charge is -2.06. The van der Waals surface area contributed by atoms with Crippen LogP contribution in [-0.4, -0.2) is 40.8 Å². The van der Waals surface area contributed by atoms with E-state index in [9.17, 15) is 14.4 Å². The van der Waals surface area contributed by atoms with Crippen molar-refractivity contribution in [3.63, 3.8) is 0 Å². The predicted molar refractivity (Wildman–Crippen MR) is 105 cm³/mol. The Hall–Kier alpha value is -1.95. The summed E-state index contributed by atoms with van der Waals surface area (Å²) < 4.78 is 12.3. The third kappa shape index (κ3) is 4.23. The minimum Gasteiger partial charge on any atom is -0.462 e. The number of aromatic nitrogens is 2. The summed E-state index contributed by atoms with van der Waals surface area (Å²) in [5, 5.41) is 7.01. The third-order valence-corrected chi connectivity index (χ3v) is 5.29. The Morgan fingerprint density at radius 2 is 1.85 bits per heavy atom. The Balaban J connectivity index is 2.43. The number of nitrogens with zero attached hydrogens (tertiary/aromatic N) is 2. The van der Waals surface area contributed by atoms with Crippen molar-refractivity contribution in [1.82, 2.24) is 9.78 Å². The number of thiophene rings is 1. The second-order valence-corrected chi connectivity index (χ2v) is 7.34. The van der Waals surface area contributed by atoms with E-state index in [1.807, 2.05) is 22.6 Å². The Kier molecular flexibility index (Phi) is 6.75. The van der Waals surface area contributed by atoms with E-state index in [1.54, 1.807) is 34.0 Å². The normalized spacial score (nSPS) is 10.5. The molecule has 2 aromatic rings. The van der Waals surface area contributed by atoms with E-state index in [-0.39, 0.29) is 34.3 Å². The number of halogens is 1. The molecule has 2 heterocycles. The molecule has 0 saturated heterocycles. The van der Waals surface area contributed by atoms with Crippen molar-refractivity contribution in [3.05, 3.63) is 31.5 Å². The summed E-state index contributed by atoms with van der Waals surface area (Å²) in [4.78, 5) is 37.3. The molecule has 0 saturated carbocycles. The number of carbonyl (C=O) groups excluding carboxylic acids is 3. The number of amides is 1. The zero-order chi connectivity index (χ0) is 19.4. The van der Waals surface area contributed by atoms with Crippen molar-refractivity contribution in [2.45, 2.75) is 20.8 Å². The lowest BCUT2D eigenvalue weighted by molar-refractivity contribution is 0.0527. The van der Waals surface area contributed by atoms with Gasteiger partial charge in [-0.05, 0) is 48.9 Å². The first-order chi connectivity index (χ1) is 12.3. The van der Waals surface area contributed by atoms with Crippen LogP contribution in [0.2, 0.25) is 0 Å². The van der Waals surface area contributed by atoms with Crippen LogP contribution in [0.1, 0.15) is 49.9 Å². The van der Waals surface area contributed by atoms with Crippen molar-refractivity contribution >= 4 is 56.8 Å². The van der Waals surface area contributed by atoms with E-state index in [0.29, 0.717) is 9.13 Å². The summed E-state index contributed by atoms with van der Waals surface area (Å²) >= 11 is 2.98. The molecule has 0 aliphatic heterocycles. The van der Waals surface area contributed by atoms with Gasteiger partial charge in [0.25, 0.3) is 5.91 Å². The van der Waals surface area contributed by atoms with Crippen molar-refractivity contribution in [2.24, 2.45) is 7.05 Å². The Bertz CT molecular complexity index is 858. The molecular formula is C16H18IN3O5S. The molecule has 0 spiro atoms. The zero-order valence-electron chi connectivity index (χ0n) is 14.7. The molecule has 8 nitrogen and oxygen atoms in total. The molecule has 0 aromatic carbocycles. The summed E-state index contributed by atoms with van der Waals surface area (Å²) in [5.74, 6) is -1.63. The molecular weight excluding hydrogens is 473 g/mol. The molecule has 0 unspecified atom stereocenters. The van der Waals surface area contributed by atoms with E-state index in [1.165, 1.54) is 4.68 Å². The lowest BCUT2D eigenvalue weighted by atomic mass is 10.1. The summed E-state index contributed by atoms with van der Waals surface area (Å²) in [7, 11) is 1.71. The maximum absolute atomic E-state index is 12.5. The van der Waals surface area contributed by atoms with Crippen LogP contribution in [0.25, 0.3) is 0 Å². The number of ether oxygens (including phenoxy) is 2. The summed E-state index contributed by atoms with van der Waals surface area (Å²) in [5.41, 5.74) is 0.795. The van der Waals surface area contributed by atoms with E-state index in [0.717, 1.165) is 11.3 Å². The van der Waals surface area contributed by atoms with Crippen molar-refractivity contribution in [1.29, 1.82) is 0 Å². The molecule has 0 atom stereocenters. The highest BCUT2D eigenvalue weighted by atomic mass is 127. The lowest BCUT2D eigenvalue weighted by Crippen LogP contribution is -2.16. The van der Waals surface area contributed by atoms with Crippen molar-refractivity contribution < 1.29 is 23.9 Å². The van der Waals surface area contributed by atoms with E-state index >= 15 is 0 Å². The molecule has 2 aromatic heterocycles. The van der Waals surface area contributed by atoms with Gasteiger partial charge >= 0.3 is 11.9 Å². The second kappa shape index (κ2) is 8.62. The number of hydrogen-bond acceptors (Lipinski definition) is 7. The Morgan fingerprint density at radius 1 is 1.23 bits per heavy atom. The van der Waals surface area contributed by atoms with Crippen LogP contribution in [0.5, 0.6) is 0 Å². The van der Waals surface area contributed by atoms with Crippen molar-refractivity contribution in [2.75, 3.05) is 18.5 Å². The smallest absolute Gasteiger partial charge is 0.348 e. The highest BCUT2D eigenvalue weighted by Crippen LogP contribution is 2.34. The molecule has 140 valence electrons. The summed E-state index contributed by atoms with van der Waals surface area (Å²) in [6.45, 7) is 5.38. The number of carbonyl (C=O) groups is 3. The van der Waals surface area contributed by atoms with Crippen LogP contribution >= 0.6 is 33.9 Å². The van der Waals surface area contributed by atoms with Crippen LogP contribution in [0, 0.1) is 10.5 Å². The van der Waals surface area contributed by atoms with Gasteiger partial charge < -0.3 is 14.8 Å². The van der Waals surface area contributed by atoms with Gasteiger partial charge in [-0.2, -0.15) is 5.10 Å². The summed E-state index contributed by atoms with van der Waals surface area (Å²) in [6, 6.07) is 0. The molecule has 2 rings (SSSR count). The molecule has 0 aliphatic rings.